The SMILES string of the molecule is C.C1CCOC1.C1CCOC1.COC(=O)OC(Cl)(Cl)Cl.Cc1ccc(S(=O)(=O)O)cc1.Cc1ccccc1-c1nc2ccc(I)cc2c(=O)[nH]1.NC(=O)c1cc(I)ccc1N.Nc1ccc(I)cc1C(=O)O.O=C1NC(c2ccccc2O)Nc2ccc(I)cc21.O=Cc1ccccc1O.O=c1[nH]c(-c2ccccc2O)nc2ccc(I)cc12.O=c1[nH]c2ccc(I)cc2c(=O)o1.[2H][2H]. The lowest BCUT2D eigenvalue weighted by molar-refractivity contribution is 0.0690. The molecule has 3 aliphatic heterocycles. The average Bonchev–Trinajstić information content (AvgIpc) is 0.930. The van der Waals surface area contributed by atoms with Crippen molar-refractivity contribution in [2.75, 3.05) is 50.3 Å². The molecule has 31 nitrogen and oxygen atoms in total. The third-order valence-electron chi connectivity index (χ3n) is 17.5. The van der Waals surface area contributed by atoms with Gasteiger partial charge in [-0.3, -0.25) is 33.5 Å². The monoisotopic (exact) mass is 2560 g/mol. The third kappa shape index (κ3) is 36.7. The minimum absolute atomic E-state index is 0. The number of aromatic hydroxyl groups is 3. The van der Waals surface area contributed by atoms with Crippen molar-refractivity contribution in [3.05, 3.63) is 333 Å². The minimum atomic E-state index is -4.02. The molecule has 3 aromatic heterocycles. The highest BCUT2D eigenvalue weighted by Crippen LogP contribution is 2.33. The number of amides is 2. The van der Waals surface area contributed by atoms with Gasteiger partial charge in [-0.15, -0.1) is 0 Å². The number of methoxy groups -OCH3 is 1. The number of nitrogens with zero attached hydrogens (tertiary/aromatic N) is 2. The molecule has 1 unspecified atom stereocenters. The minimum Gasteiger partial charge on any atom is -0.508 e. The lowest BCUT2D eigenvalue weighted by Gasteiger charge is -2.28. The van der Waals surface area contributed by atoms with Gasteiger partial charge in [0.05, 0.1) is 72.5 Å². The molecular formula is C91H87Cl3I6N10O21S. The van der Waals surface area contributed by atoms with Crippen LogP contribution in [-0.2, 0) is 29.1 Å². The predicted molar refractivity (Wildman–Crippen MR) is 564 cm³/mol. The number of fused-ring (bicyclic) bond motifs is 4. The van der Waals surface area contributed by atoms with Gasteiger partial charge in [-0.2, -0.15) is 8.42 Å². The summed E-state index contributed by atoms with van der Waals surface area (Å²) in [5.74, 6) is -1.05. The van der Waals surface area contributed by atoms with Gasteiger partial charge in [0.25, 0.3) is 33.1 Å². The highest BCUT2D eigenvalue weighted by Gasteiger charge is 2.27. The molecule has 2 fully saturated rings. The average molecular weight is 2560 g/mol. The van der Waals surface area contributed by atoms with E-state index in [1.54, 1.807) is 127 Å². The van der Waals surface area contributed by atoms with Gasteiger partial charge < -0.3 is 81.6 Å². The first-order chi connectivity index (χ1) is 63.1. The Labute approximate surface area is 855 Å². The molecule has 6 heterocycles. The highest BCUT2D eigenvalue weighted by molar-refractivity contribution is 14.1. The van der Waals surface area contributed by atoms with Crippen molar-refractivity contribution in [2.24, 2.45) is 5.73 Å². The molecule has 16 N–H and O–H groups in total. The molecule has 2 amide bonds. The number of hydrogen-bond donors (Lipinski definition) is 13. The molecule has 0 spiro atoms. The summed E-state index contributed by atoms with van der Waals surface area (Å²) in [6.07, 6.45) is 4.28. The summed E-state index contributed by atoms with van der Waals surface area (Å²) in [5.41, 5.74) is 24.1. The van der Waals surface area contributed by atoms with Crippen molar-refractivity contribution < 1.29 is 83.7 Å². The highest BCUT2D eigenvalue weighted by atomic mass is 127. The largest absolute Gasteiger partial charge is 0.511 e. The number of halogens is 9. The number of rotatable bonds is 7. The quantitative estimate of drug-likeness (QED) is 0.0176. The molecule has 14 aromatic rings. The van der Waals surface area contributed by atoms with Crippen molar-refractivity contribution in [2.45, 2.75) is 62.0 Å². The van der Waals surface area contributed by atoms with Gasteiger partial charge in [0.15, 0.2) is 6.29 Å². The second kappa shape index (κ2) is 54.9. The van der Waals surface area contributed by atoms with Crippen LogP contribution in [0, 0.1) is 35.3 Å². The molecule has 3 aliphatic rings. The first kappa shape index (κ1) is 109. The lowest BCUT2D eigenvalue weighted by atomic mass is 10.1. The van der Waals surface area contributed by atoms with E-state index in [9.17, 15) is 61.8 Å². The number of aromatic amines is 3. The van der Waals surface area contributed by atoms with Crippen molar-refractivity contribution >= 4 is 260 Å². The number of phenols is 3. The van der Waals surface area contributed by atoms with E-state index in [0.717, 1.165) is 82.9 Å². The smallest absolute Gasteiger partial charge is 0.508 e. The van der Waals surface area contributed by atoms with Crippen LogP contribution in [0.3, 0.4) is 0 Å². The molecule has 41 heteroatoms. The Morgan fingerprint density at radius 3 is 1.44 bits per heavy atom. The molecular weight excluding hydrogens is 2470 g/mol. The zero-order chi connectivity index (χ0) is 98.2. The number of para-hydroxylation sites is 3. The van der Waals surface area contributed by atoms with Crippen LogP contribution in [0.1, 0.15) is 100 Å². The van der Waals surface area contributed by atoms with E-state index in [0.29, 0.717) is 84.3 Å². The zero-order valence-corrected chi connectivity index (χ0v) is 85.0. The van der Waals surface area contributed by atoms with Crippen LogP contribution in [-0.4, -0.2) is 126 Å². The molecule has 696 valence electrons. The number of aryl methyl sites for hydroxylation is 2. The maximum atomic E-state index is 12.1. The number of carboxylic acid groups (broad SMARTS) is 1. The van der Waals surface area contributed by atoms with E-state index in [4.69, 9.17) is 79.2 Å². The molecule has 1 atom stereocenters. The normalized spacial score (nSPS) is 12.4. The van der Waals surface area contributed by atoms with Gasteiger partial charge >= 0.3 is 27.5 Å². The fourth-order valence-corrected chi connectivity index (χ4v) is 14.7. The lowest BCUT2D eigenvalue weighted by Crippen LogP contribution is -2.38. The van der Waals surface area contributed by atoms with Crippen LogP contribution >= 0.6 is 170 Å². The van der Waals surface area contributed by atoms with Crippen molar-refractivity contribution in [1.82, 2.24) is 30.2 Å². The molecule has 0 aliphatic carbocycles. The van der Waals surface area contributed by atoms with Crippen molar-refractivity contribution in [1.29, 1.82) is 0 Å². The molecule has 0 bridgehead atoms. The van der Waals surface area contributed by atoms with E-state index >= 15 is 0 Å². The maximum absolute atomic E-state index is 12.1. The summed E-state index contributed by atoms with van der Waals surface area (Å²) in [5, 5.41) is 44.8. The number of nitrogens with two attached hydrogens (primary N) is 3. The molecule has 0 saturated carbocycles. The molecule has 0 radical (unpaired) electrons. The number of nitrogens with one attached hydrogen (secondary N) is 5. The van der Waals surface area contributed by atoms with E-state index < -0.39 is 49.7 Å². The van der Waals surface area contributed by atoms with Crippen molar-refractivity contribution in [3.63, 3.8) is 0 Å². The number of anilines is 3. The van der Waals surface area contributed by atoms with Crippen LogP contribution in [0.25, 0.3) is 55.5 Å². The number of H-pyrrole nitrogens is 3. The van der Waals surface area contributed by atoms with E-state index in [-0.39, 0.29) is 52.2 Å². The summed E-state index contributed by atoms with van der Waals surface area (Å²) < 4.78 is 65.6. The Bertz CT molecular complexity index is 6500. The number of aromatic nitrogens is 5. The van der Waals surface area contributed by atoms with E-state index in [1.165, 1.54) is 49.9 Å². The van der Waals surface area contributed by atoms with Gasteiger partial charge in [0, 0.05) is 79.0 Å². The summed E-state index contributed by atoms with van der Waals surface area (Å²) in [6.45, 7) is 7.85. The molecule has 2 saturated heterocycles. The molecule has 11 aromatic carbocycles. The number of aromatic carboxylic acids is 1. The number of hydrogen-bond acceptors (Lipinski definition) is 24. The van der Waals surface area contributed by atoms with Crippen molar-refractivity contribution in [3.8, 4) is 40.0 Å². The number of nitrogen functional groups attached to an aromatic ring is 2. The molecule has 17 rings (SSSR count). The van der Waals surface area contributed by atoms with Crippen LogP contribution in [0.5, 0.6) is 17.2 Å². The first-order valence-electron chi connectivity index (χ1n) is 39.2. The number of alkyl halides is 3. The molecule has 132 heavy (non-hydrogen) atoms. The number of benzene rings is 11. The number of carbonyl (C=O) groups is 5. The zero-order valence-electron chi connectivity index (χ0n) is 71.0. The third-order valence-corrected chi connectivity index (χ3v) is 22.6. The number of primary amides is 1. The van der Waals surface area contributed by atoms with E-state index in [2.05, 4.69) is 162 Å². The topological polar surface area (TPSA) is 514 Å². The first-order valence-corrected chi connectivity index (χ1v) is 47.3. The number of carboxylic acids is 1. The Hall–Kier alpha value is -10.1. The van der Waals surface area contributed by atoms with Crippen LogP contribution in [0.4, 0.5) is 21.9 Å². The Morgan fingerprint density at radius 1 is 0.545 bits per heavy atom. The second-order valence-electron chi connectivity index (χ2n) is 27.0. The summed E-state index contributed by atoms with van der Waals surface area (Å²) in [6, 6.07) is 66.0. The Kier molecular flexibility index (Phi) is 45.3. The number of aldehydes is 1. The summed E-state index contributed by atoms with van der Waals surface area (Å²) in [7, 11) is -2.91. The van der Waals surface area contributed by atoms with Gasteiger partial charge in [-0.25, -0.2) is 29.1 Å². The Balaban J connectivity index is 0.000000265. The number of ether oxygens (including phenoxy) is 4. The fourth-order valence-electron chi connectivity index (χ4n) is 11.1. The van der Waals surface area contributed by atoms with Gasteiger partial charge in [-0.05, 0) is 367 Å². The number of phenolic OH excluding ortho intramolecular Hbond substituents is 3. The van der Waals surface area contributed by atoms with Crippen LogP contribution in [0.2, 0.25) is 0 Å². The standard InChI is InChI=1S/C15H11IN2O.C14H11IN2O2.C14H9IN2O2.C8H4INO3.C7H7IN2O.C7H6INO2.C7H8O3S.C7H6O2.2C4H8O.C3H3Cl3O3.CH4.H2/c1-9-4-2-3-5-11(9)14-17-13-7-6-10(16)8-12(13)15(19)18-14;2*15-8-5-6-11-10(7-8)14(19)17-13(16-11)9-3-1-2-4-12(9)18;9-4-1-2-6-5(3-4)7(11)13-8(12)10-6;2*8-4-1-2-6(9)5(3-4)7(10)11;1-6-2-4-7(5-3-6)11(8,9)10;8-5-6-3-1-2-4-7(6)9;2*1-2-4-5-3-1;1-8-2(7)9-3(4,5)6;;/h2-8H,1H3,(H,17,18,19);1-7,13,16,18H,(H,17,19);1-7,18H,(H,16,17,19);1-3H,(H,10,12);1-3H,9H2,(H2,10,11);1-3H,9H2,(H,10,11);2-5H,1H3,(H,8,9,10);1-5,9H;2*1-4H2;1H3;1H4;1H/i;;;;;;;;;;;;1+1D. The number of carbonyl (C=O) groups excluding carboxylic acids is 4. The second-order valence-corrected chi connectivity index (χ2v) is 38.1. The fraction of sp³-hybridized carbons (Fsp3) is 0.154. The van der Waals surface area contributed by atoms with E-state index in [1.807, 2.05) is 115 Å². The predicted octanol–water partition coefficient (Wildman–Crippen LogP) is 19.9. The summed E-state index contributed by atoms with van der Waals surface area (Å²) >= 11 is 27.8. The maximum Gasteiger partial charge on any atom is 0.511 e. The van der Waals surface area contributed by atoms with Crippen LogP contribution in [0.15, 0.2) is 259 Å². The van der Waals surface area contributed by atoms with Crippen LogP contribution < -0.4 is 50.3 Å². The van der Waals surface area contributed by atoms with Gasteiger partial charge in [-0.1, -0.05) is 91.9 Å². The Morgan fingerprint density at radius 2 is 0.992 bits per heavy atom. The van der Waals surface area contributed by atoms with Gasteiger partial charge in [0.2, 0.25) is 0 Å². The summed E-state index contributed by atoms with van der Waals surface area (Å²) in [4.78, 5) is 116. The van der Waals surface area contributed by atoms with Gasteiger partial charge in [0.1, 0.15) is 35.1 Å².